The quantitative estimate of drug-likeness (QED) is 0.465. The first-order valence-corrected chi connectivity index (χ1v) is 9.19. The van der Waals surface area contributed by atoms with Gasteiger partial charge < -0.3 is 15.0 Å². The second-order valence-corrected chi connectivity index (χ2v) is 7.88. The average molecular weight is 348 g/mol. The zero-order valence-corrected chi connectivity index (χ0v) is 15.2. The monoisotopic (exact) mass is 348 g/mol. The molecule has 2 aliphatic heterocycles. The minimum absolute atomic E-state index is 0.0941. The average Bonchev–Trinajstić information content (AvgIpc) is 3.02. The summed E-state index contributed by atoms with van der Waals surface area (Å²) in [5.74, 6) is 0.634. The largest absolute Gasteiger partial charge is 0.355 e. The van der Waals surface area contributed by atoms with E-state index in [0.717, 1.165) is 30.4 Å². The molecule has 8 nitrogen and oxygen atoms in total. The number of ether oxygens (including phenoxy) is 1. The Labute approximate surface area is 146 Å². The number of nitrogens with two attached hydrogens (primary N) is 1. The standard InChI is InChI=1S/C17H27N6O2/c1-4-12-11(2)9-13(25-12)22-10-21(5-6-23(3)7-8-23)14-15(22)19-17(18)20-16(14)24/h10-13H,4-9H2,1-3H3,(H2-,18,19,20,24)/q+1/p+1/t11-,12-,13-/m1/s1. The second kappa shape index (κ2) is 5.81. The van der Waals surface area contributed by atoms with E-state index in [1.165, 1.54) is 13.1 Å². The van der Waals surface area contributed by atoms with Crippen molar-refractivity contribution in [3.8, 4) is 0 Å². The number of nitrogens with zero attached hydrogens (tertiary/aromatic N) is 4. The van der Waals surface area contributed by atoms with Crippen molar-refractivity contribution in [2.75, 3.05) is 32.4 Å². The first-order valence-electron chi connectivity index (χ1n) is 9.19. The van der Waals surface area contributed by atoms with Gasteiger partial charge >= 0.3 is 5.65 Å². The molecule has 3 N–H and O–H groups in total. The fourth-order valence-electron chi connectivity index (χ4n) is 3.84. The Morgan fingerprint density at radius 1 is 1.52 bits per heavy atom. The topological polar surface area (TPSA) is 89.8 Å². The second-order valence-electron chi connectivity index (χ2n) is 7.88. The lowest BCUT2D eigenvalue weighted by molar-refractivity contribution is -0.778. The van der Waals surface area contributed by atoms with E-state index < -0.39 is 0 Å². The highest BCUT2D eigenvalue weighted by molar-refractivity contribution is 5.67. The molecule has 0 aliphatic carbocycles. The minimum atomic E-state index is -0.187. The number of hydrogen-bond donors (Lipinski definition) is 2. The van der Waals surface area contributed by atoms with Crippen LogP contribution in [-0.4, -0.2) is 51.8 Å². The Morgan fingerprint density at radius 2 is 2.28 bits per heavy atom. The van der Waals surface area contributed by atoms with E-state index >= 15 is 0 Å². The summed E-state index contributed by atoms with van der Waals surface area (Å²) in [6.45, 7) is 8.58. The molecule has 0 saturated carbocycles. The zero-order chi connectivity index (χ0) is 17.8. The SMILES string of the molecule is CC[C@H]1O[C@@H]([n+]2cn(CC[N+]3(C)CC3)c3c(=O)[nH]c(N)nc32)C[C@H]1C. The van der Waals surface area contributed by atoms with Crippen molar-refractivity contribution in [1.82, 2.24) is 14.5 Å². The van der Waals surface area contributed by atoms with Gasteiger partial charge in [0.2, 0.25) is 5.52 Å². The van der Waals surface area contributed by atoms with Crippen LogP contribution in [0.15, 0.2) is 11.1 Å². The highest BCUT2D eigenvalue weighted by atomic mass is 16.5. The van der Waals surface area contributed by atoms with Gasteiger partial charge in [-0.1, -0.05) is 18.8 Å². The molecule has 136 valence electrons. The van der Waals surface area contributed by atoms with E-state index in [9.17, 15) is 4.79 Å². The first-order chi connectivity index (χ1) is 11.9. The molecule has 25 heavy (non-hydrogen) atoms. The van der Waals surface area contributed by atoms with Gasteiger partial charge in [0.15, 0.2) is 12.6 Å². The number of quaternary nitrogens is 1. The van der Waals surface area contributed by atoms with Gasteiger partial charge in [0, 0.05) is 6.42 Å². The number of imidazole rings is 1. The molecule has 2 aromatic rings. The maximum atomic E-state index is 12.5. The van der Waals surface area contributed by atoms with Crippen LogP contribution in [0.25, 0.3) is 11.2 Å². The van der Waals surface area contributed by atoms with Gasteiger partial charge in [-0.25, -0.2) is 9.13 Å². The van der Waals surface area contributed by atoms with Crippen LogP contribution in [0.1, 0.15) is 32.9 Å². The van der Waals surface area contributed by atoms with Crippen LogP contribution in [0.5, 0.6) is 0 Å². The predicted molar refractivity (Wildman–Crippen MR) is 93.7 cm³/mol. The number of aromatic nitrogens is 4. The van der Waals surface area contributed by atoms with Gasteiger partial charge in [0.05, 0.1) is 13.2 Å². The van der Waals surface area contributed by atoms with Crippen molar-refractivity contribution in [3.05, 3.63) is 16.7 Å². The number of likely N-dealkylation sites (N-methyl/N-ethyl adjacent to an activating group) is 1. The molecule has 0 unspecified atom stereocenters. The maximum Gasteiger partial charge on any atom is 0.313 e. The number of nitrogens with one attached hydrogen (secondary N) is 1. The van der Waals surface area contributed by atoms with Crippen LogP contribution < -0.4 is 15.9 Å². The highest BCUT2D eigenvalue weighted by Gasteiger charge is 2.39. The summed E-state index contributed by atoms with van der Waals surface area (Å²) in [5.41, 5.74) is 6.81. The molecule has 2 aromatic heterocycles. The van der Waals surface area contributed by atoms with E-state index in [2.05, 4.69) is 30.9 Å². The number of rotatable bonds is 5. The summed E-state index contributed by atoms with van der Waals surface area (Å²) < 4.78 is 11.3. The van der Waals surface area contributed by atoms with E-state index in [1.807, 2.05) is 15.5 Å². The van der Waals surface area contributed by atoms with Crippen molar-refractivity contribution in [2.45, 2.75) is 45.6 Å². The highest BCUT2D eigenvalue weighted by Crippen LogP contribution is 2.32. The van der Waals surface area contributed by atoms with E-state index in [-0.39, 0.29) is 23.8 Å². The Morgan fingerprint density at radius 3 is 2.92 bits per heavy atom. The Balaban J connectivity index is 1.74. The fourth-order valence-corrected chi connectivity index (χ4v) is 3.84. The molecular formula is C17H28N6O2+2. The van der Waals surface area contributed by atoms with Gasteiger partial charge in [-0.15, -0.1) is 0 Å². The lowest BCUT2D eigenvalue weighted by atomic mass is 10.0. The van der Waals surface area contributed by atoms with Crippen LogP contribution in [0, 0.1) is 5.92 Å². The smallest absolute Gasteiger partial charge is 0.313 e. The molecule has 4 rings (SSSR count). The molecule has 4 heterocycles. The van der Waals surface area contributed by atoms with Crippen LogP contribution in [0.2, 0.25) is 0 Å². The number of fused-ring (bicyclic) bond motifs is 1. The minimum Gasteiger partial charge on any atom is -0.355 e. The number of H-pyrrole nitrogens is 1. The fraction of sp³-hybridized carbons (Fsp3) is 0.706. The molecule has 0 radical (unpaired) electrons. The van der Waals surface area contributed by atoms with Crippen LogP contribution >= 0.6 is 0 Å². The summed E-state index contributed by atoms with van der Waals surface area (Å²) in [6, 6.07) is 0. The number of nitrogen functional groups attached to an aromatic ring is 1. The zero-order valence-electron chi connectivity index (χ0n) is 15.2. The van der Waals surface area contributed by atoms with E-state index in [4.69, 9.17) is 10.5 Å². The van der Waals surface area contributed by atoms with Gasteiger partial charge in [-0.3, -0.25) is 9.78 Å². The van der Waals surface area contributed by atoms with Crippen LogP contribution in [0.4, 0.5) is 5.95 Å². The lowest BCUT2D eigenvalue weighted by Crippen LogP contribution is -2.39. The predicted octanol–water partition coefficient (Wildman–Crippen LogP) is 0.388. The molecule has 0 aromatic carbocycles. The van der Waals surface area contributed by atoms with Crippen molar-refractivity contribution in [3.63, 3.8) is 0 Å². The maximum absolute atomic E-state index is 12.5. The molecule has 0 amide bonds. The first kappa shape index (κ1) is 16.5. The Hall–Kier alpha value is -1.93. The van der Waals surface area contributed by atoms with Gasteiger partial charge in [-0.2, -0.15) is 0 Å². The van der Waals surface area contributed by atoms with Gasteiger partial charge in [-0.05, 0) is 12.3 Å². The molecule has 0 bridgehead atoms. The van der Waals surface area contributed by atoms with Crippen molar-refractivity contribution < 1.29 is 13.8 Å². The molecule has 3 atom stereocenters. The molecule has 2 saturated heterocycles. The number of anilines is 1. The van der Waals surface area contributed by atoms with Crippen LogP contribution in [-0.2, 0) is 11.3 Å². The summed E-state index contributed by atoms with van der Waals surface area (Å²) >= 11 is 0. The molecule has 2 aliphatic rings. The normalized spacial score (nSPS) is 27.9. The number of aromatic amines is 1. The van der Waals surface area contributed by atoms with E-state index in [1.54, 1.807) is 0 Å². The summed E-state index contributed by atoms with van der Waals surface area (Å²) in [5, 5.41) is 0. The van der Waals surface area contributed by atoms with Gasteiger partial charge in [0.25, 0.3) is 11.5 Å². The Kier molecular flexibility index (Phi) is 3.84. The number of hydrogen-bond acceptors (Lipinski definition) is 4. The third-order valence-corrected chi connectivity index (χ3v) is 5.81. The molecular weight excluding hydrogens is 320 g/mol. The van der Waals surface area contributed by atoms with Crippen molar-refractivity contribution in [1.29, 1.82) is 0 Å². The third kappa shape index (κ3) is 2.93. The molecule has 2 fully saturated rings. The molecule has 0 spiro atoms. The van der Waals surface area contributed by atoms with Crippen molar-refractivity contribution >= 4 is 17.1 Å². The van der Waals surface area contributed by atoms with Crippen LogP contribution in [0.3, 0.4) is 0 Å². The van der Waals surface area contributed by atoms with E-state index in [0.29, 0.717) is 17.1 Å². The van der Waals surface area contributed by atoms with Gasteiger partial charge in [0.1, 0.15) is 26.2 Å². The summed E-state index contributed by atoms with van der Waals surface area (Å²) in [4.78, 5) is 19.6. The summed E-state index contributed by atoms with van der Waals surface area (Å²) in [7, 11) is 2.24. The third-order valence-electron chi connectivity index (χ3n) is 5.81. The lowest BCUT2D eigenvalue weighted by Gasteiger charge is -2.11. The summed E-state index contributed by atoms with van der Waals surface area (Å²) in [6.07, 6.45) is 4.05. The van der Waals surface area contributed by atoms with Crippen molar-refractivity contribution in [2.24, 2.45) is 5.92 Å². The molecule has 8 heteroatoms. The Bertz CT molecular complexity index is 853.